The highest BCUT2D eigenvalue weighted by molar-refractivity contribution is 5.90. The third kappa shape index (κ3) is 2.86. The number of ether oxygens (including phenoxy) is 1. The maximum atomic E-state index is 11.5. The van der Waals surface area contributed by atoms with Crippen molar-refractivity contribution < 1.29 is 9.53 Å². The highest BCUT2D eigenvalue weighted by Crippen LogP contribution is 2.16. The Bertz CT molecular complexity index is 572. The summed E-state index contributed by atoms with van der Waals surface area (Å²) in [5, 5.41) is 11.4. The van der Waals surface area contributed by atoms with Crippen LogP contribution in [0.15, 0.2) is 36.7 Å². The predicted molar refractivity (Wildman–Crippen MR) is 63.9 cm³/mol. The number of anilines is 1. The SMILES string of the molecule is N#Cc1ccccc1OCC(=O)Nc1ncc[nH]1. The normalized spacial score (nSPS) is 9.50. The Labute approximate surface area is 103 Å². The topological polar surface area (TPSA) is 90.8 Å². The van der Waals surface area contributed by atoms with Gasteiger partial charge < -0.3 is 9.72 Å². The standard InChI is InChI=1S/C12H10N4O2/c13-7-9-3-1-2-4-10(9)18-8-11(17)16-12-14-5-6-15-12/h1-6H,8H2,(H2,14,15,16,17). The first-order valence-electron chi connectivity index (χ1n) is 5.21. The van der Waals surface area contributed by atoms with Crippen molar-refractivity contribution in [2.24, 2.45) is 0 Å². The van der Waals surface area contributed by atoms with Gasteiger partial charge in [0.25, 0.3) is 5.91 Å². The summed E-state index contributed by atoms with van der Waals surface area (Å²) in [6, 6.07) is 8.72. The Kier molecular flexibility index (Phi) is 3.56. The van der Waals surface area contributed by atoms with E-state index in [0.717, 1.165) is 0 Å². The Hall–Kier alpha value is -2.81. The molecule has 6 nitrogen and oxygen atoms in total. The number of rotatable bonds is 4. The largest absolute Gasteiger partial charge is 0.482 e. The molecule has 0 aliphatic heterocycles. The molecule has 0 aliphatic carbocycles. The van der Waals surface area contributed by atoms with Crippen LogP contribution in [0.2, 0.25) is 0 Å². The van der Waals surface area contributed by atoms with E-state index in [1.54, 1.807) is 30.5 Å². The lowest BCUT2D eigenvalue weighted by molar-refractivity contribution is -0.118. The third-order valence-corrected chi connectivity index (χ3v) is 2.12. The fourth-order valence-corrected chi connectivity index (χ4v) is 1.33. The molecule has 0 radical (unpaired) electrons. The molecule has 1 aromatic carbocycles. The van der Waals surface area contributed by atoms with Gasteiger partial charge in [-0.2, -0.15) is 5.26 Å². The van der Waals surface area contributed by atoms with Crippen molar-refractivity contribution in [3.05, 3.63) is 42.2 Å². The number of nitrogens with zero attached hydrogens (tertiary/aromatic N) is 2. The van der Waals surface area contributed by atoms with E-state index in [-0.39, 0.29) is 12.5 Å². The van der Waals surface area contributed by atoms with E-state index in [0.29, 0.717) is 17.3 Å². The second-order valence-corrected chi connectivity index (χ2v) is 3.38. The maximum Gasteiger partial charge on any atom is 0.264 e. The van der Waals surface area contributed by atoms with Gasteiger partial charge in [0.1, 0.15) is 11.8 Å². The Morgan fingerprint density at radius 3 is 3.06 bits per heavy atom. The van der Waals surface area contributed by atoms with Crippen molar-refractivity contribution in [2.75, 3.05) is 11.9 Å². The molecular weight excluding hydrogens is 232 g/mol. The lowest BCUT2D eigenvalue weighted by Crippen LogP contribution is -2.21. The number of hydrogen-bond acceptors (Lipinski definition) is 4. The molecule has 0 atom stereocenters. The molecule has 0 saturated heterocycles. The van der Waals surface area contributed by atoms with Gasteiger partial charge in [-0.15, -0.1) is 0 Å². The molecule has 1 heterocycles. The highest BCUT2D eigenvalue weighted by atomic mass is 16.5. The molecule has 2 N–H and O–H groups in total. The summed E-state index contributed by atoms with van der Waals surface area (Å²) in [5.41, 5.74) is 0.392. The number of nitrogens with one attached hydrogen (secondary N) is 2. The number of carbonyl (C=O) groups is 1. The zero-order valence-corrected chi connectivity index (χ0v) is 9.38. The predicted octanol–water partition coefficient (Wildman–Crippen LogP) is 1.30. The van der Waals surface area contributed by atoms with E-state index in [9.17, 15) is 4.79 Å². The van der Waals surface area contributed by atoms with E-state index in [2.05, 4.69) is 15.3 Å². The van der Waals surface area contributed by atoms with Crippen molar-refractivity contribution in [1.82, 2.24) is 9.97 Å². The summed E-state index contributed by atoms with van der Waals surface area (Å²) < 4.78 is 5.26. The quantitative estimate of drug-likeness (QED) is 0.845. The number of benzene rings is 1. The highest BCUT2D eigenvalue weighted by Gasteiger charge is 2.07. The number of H-pyrrole nitrogens is 1. The number of aromatic amines is 1. The Morgan fingerprint density at radius 2 is 2.33 bits per heavy atom. The monoisotopic (exact) mass is 242 g/mol. The van der Waals surface area contributed by atoms with E-state index >= 15 is 0 Å². The first-order chi connectivity index (χ1) is 8.79. The molecule has 1 amide bonds. The Morgan fingerprint density at radius 1 is 1.50 bits per heavy atom. The summed E-state index contributed by atoms with van der Waals surface area (Å²) >= 11 is 0. The van der Waals surface area contributed by atoms with Crippen LogP contribution in [0, 0.1) is 11.3 Å². The number of imidazole rings is 1. The van der Waals surface area contributed by atoms with E-state index in [4.69, 9.17) is 10.00 Å². The van der Waals surface area contributed by atoms with Crippen LogP contribution in [-0.2, 0) is 4.79 Å². The van der Waals surface area contributed by atoms with Gasteiger partial charge in [0.05, 0.1) is 5.56 Å². The molecule has 0 spiro atoms. The van der Waals surface area contributed by atoms with Gasteiger partial charge in [-0.05, 0) is 12.1 Å². The molecule has 90 valence electrons. The number of amides is 1. The molecule has 18 heavy (non-hydrogen) atoms. The average Bonchev–Trinajstić information content (AvgIpc) is 2.89. The average molecular weight is 242 g/mol. The zero-order chi connectivity index (χ0) is 12.8. The summed E-state index contributed by atoms with van der Waals surface area (Å²) in [6.07, 6.45) is 3.13. The van der Waals surface area contributed by atoms with Crippen molar-refractivity contribution in [3.8, 4) is 11.8 Å². The molecule has 0 aliphatic rings. The summed E-state index contributed by atoms with van der Waals surface area (Å²) in [4.78, 5) is 18.1. The van der Waals surface area contributed by atoms with Crippen LogP contribution < -0.4 is 10.1 Å². The molecule has 0 bridgehead atoms. The van der Waals surface area contributed by atoms with Gasteiger partial charge in [0, 0.05) is 12.4 Å². The molecule has 0 fully saturated rings. The third-order valence-electron chi connectivity index (χ3n) is 2.12. The van der Waals surface area contributed by atoms with Crippen LogP contribution in [0.3, 0.4) is 0 Å². The molecule has 1 aromatic heterocycles. The second kappa shape index (κ2) is 5.50. The molecule has 6 heteroatoms. The summed E-state index contributed by atoms with van der Waals surface area (Å²) in [5.74, 6) is 0.393. The van der Waals surface area contributed by atoms with Crippen LogP contribution in [0.4, 0.5) is 5.95 Å². The van der Waals surface area contributed by atoms with Crippen LogP contribution in [0.5, 0.6) is 5.75 Å². The second-order valence-electron chi connectivity index (χ2n) is 3.38. The van der Waals surface area contributed by atoms with Gasteiger partial charge >= 0.3 is 0 Å². The van der Waals surface area contributed by atoms with Gasteiger partial charge in [0.2, 0.25) is 5.95 Å². The maximum absolute atomic E-state index is 11.5. The number of hydrogen-bond donors (Lipinski definition) is 2. The first-order valence-corrected chi connectivity index (χ1v) is 5.21. The minimum Gasteiger partial charge on any atom is -0.482 e. The number of para-hydroxylation sites is 1. The molecule has 2 rings (SSSR count). The number of nitriles is 1. The van der Waals surface area contributed by atoms with Crippen LogP contribution in [0.25, 0.3) is 0 Å². The van der Waals surface area contributed by atoms with Gasteiger partial charge in [-0.1, -0.05) is 12.1 Å². The lowest BCUT2D eigenvalue weighted by Gasteiger charge is -2.06. The number of carbonyl (C=O) groups excluding carboxylic acids is 1. The van der Waals surface area contributed by atoms with Crippen molar-refractivity contribution in [3.63, 3.8) is 0 Å². The van der Waals surface area contributed by atoms with Crippen molar-refractivity contribution in [1.29, 1.82) is 5.26 Å². The minimum atomic E-state index is -0.349. The smallest absolute Gasteiger partial charge is 0.264 e. The minimum absolute atomic E-state index is 0.181. The van der Waals surface area contributed by atoms with Crippen molar-refractivity contribution >= 4 is 11.9 Å². The van der Waals surface area contributed by atoms with Gasteiger partial charge in [0.15, 0.2) is 6.61 Å². The van der Waals surface area contributed by atoms with E-state index in [1.807, 2.05) is 6.07 Å². The van der Waals surface area contributed by atoms with Crippen LogP contribution >= 0.6 is 0 Å². The first kappa shape index (κ1) is 11.7. The zero-order valence-electron chi connectivity index (χ0n) is 9.38. The number of aromatic nitrogens is 2. The van der Waals surface area contributed by atoms with Gasteiger partial charge in [-0.25, -0.2) is 4.98 Å². The molecular formula is C12H10N4O2. The van der Waals surface area contributed by atoms with Crippen LogP contribution in [0.1, 0.15) is 5.56 Å². The molecule has 0 unspecified atom stereocenters. The lowest BCUT2D eigenvalue weighted by atomic mass is 10.2. The Balaban J connectivity index is 1.92. The summed E-state index contributed by atoms with van der Waals surface area (Å²) in [7, 11) is 0. The summed E-state index contributed by atoms with van der Waals surface area (Å²) in [6.45, 7) is -0.181. The fourth-order valence-electron chi connectivity index (χ4n) is 1.33. The molecule has 0 saturated carbocycles. The fraction of sp³-hybridized carbons (Fsp3) is 0.0833. The van der Waals surface area contributed by atoms with E-state index < -0.39 is 0 Å². The molecule has 2 aromatic rings. The van der Waals surface area contributed by atoms with Gasteiger partial charge in [-0.3, -0.25) is 10.1 Å². The van der Waals surface area contributed by atoms with Crippen LogP contribution in [-0.4, -0.2) is 22.5 Å². The van der Waals surface area contributed by atoms with Crippen molar-refractivity contribution in [2.45, 2.75) is 0 Å². The van der Waals surface area contributed by atoms with E-state index in [1.165, 1.54) is 6.20 Å².